The standard InChI is InChI=1S/C13H15NO2/c1-6(2)5-9-7-3-4-8(9)11-10(7)12(15)14-13(11)16/h3-8,10-11H,1-2H3,(H,14,15,16)/b9-5-/t7?,8?,10-,11+/m0/s1. The van der Waals surface area contributed by atoms with Crippen molar-refractivity contribution < 1.29 is 9.59 Å². The second-order valence-electron chi connectivity index (χ2n) is 5.25. The van der Waals surface area contributed by atoms with Crippen molar-refractivity contribution in [3.8, 4) is 0 Å². The van der Waals surface area contributed by atoms with Gasteiger partial charge >= 0.3 is 0 Å². The third kappa shape index (κ3) is 1.09. The van der Waals surface area contributed by atoms with Crippen molar-refractivity contribution in [2.24, 2.45) is 29.6 Å². The summed E-state index contributed by atoms with van der Waals surface area (Å²) in [4.78, 5) is 23.4. The molecule has 4 atom stereocenters. The highest BCUT2D eigenvalue weighted by Crippen LogP contribution is 2.54. The zero-order chi connectivity index (χ0) is 11.4. The highest BCUT2D eigenvalue weighted by Gasteiger charge is 2.58. The number of carbonyl (C=O) groups is 2. The summed E-state index contributed by atoms with van der Waals surface area (Å²) in [5.41, 5.74) is 1.29. The van der Waals surface area contributed by atoms with Gasteiger partial charge in [-0.3, -0.25) is 14.9 Å². The molecule has 16 heavy (non-hydrogen) atoms. The highest BCUT2D eigenvalue weighted by molar-refractivity contribution is 6.07. The van der Waals surface area contributed by atoms with Crippen LogP contribution in [0.5, 0.6) is 0 Å². The zero-order valence-electron chi connectivity index (χ0n) is 9.44. The molecule has 2 aliphatic carbocycles. The normalized spacial score (nSPS) is 42.3. The molecule has 0 spiro atoms. The lowest BCUT2D eigenvalue weighted by molar-refractivity contribution is -0.126. The largest absolute Gasteiger partial charge is 0.296 e. The molecule has 1 saturated heterocycles. The maximum Gasteiger partial charge on any atom is 0.231 e. The van der Waals surface area contributed by atoms with Gasteiger partial charge in [-0.15, -0.1) is 0 Å². The smallest absolute Gasteiger partial charge is 0.231 e. The van der Waals surface area contributed by atoms with Crippen LogP contribution in [0.15, 0.2) is 23.8 Å². The summed E-state index contributed by atoms with van der Waals surface area (Å²) in [6, 6.07) is 0. The van der Waals surface area contributed by atoms with E-state index in [2.05, 4.69) is 37.4 Å². The molecule has 3 rings (SSSR count). The Labute approximate surface area is 94.6 Å². The molecule has 0 aromatic carbocycles. The molecule has 2 fully saturated rings. The Kier molecular flexibility index (Phi) is 1.88. The highest BCUT2D eigenvalue weighted by atomic mass is 16.2. The first-order chi connectivity index (χ1) is 7.59. The zero-order valence-corrected chi connectivity index (χ0v) is 9.44. The maximum absolute atomic E-state index is 11.7. The van der Waals surface area contributed by atoms with E-state index in [1.165, 1.54) is 5.57 Å². The van der Waals surface area contributed by atoms with Crippen molar-refractivity contribution in [3.63, 3.8) is 0 Å². The van der Waals surface area contributed by atoms with Crippen LogP contribution in [0.4, 0.5) is 0 Å². The van der Waals surface area contributed by atoms with Gasteiger partial charge in [0, 0.05) is 11.8 Å². The second kappa shape index (κ2) is 3.06. The molecule has 1 saturated carbocycles. The van der Waals surface area contributed by atoms with Gasteiger partial charge < -0.3 is 0 Å². The van der Waals surface area contributed by atoms with Gasteiger partial charge in [0.05, 0.1) is 11.8 Å². The number of rotatable bonds is 1. The Hall–Kier alpha value is -1.38. The molecule has 3 aliphatic rings. The van der Waals surface area contributed by atoms with E-state index in [0.717, 1.165) is 0 Å². The Morgan fingerprint density at radius 1 is 1.12 bits per heavy atom. The first kappa shape index (κ1) is 9.82. The third-order valence-electron chi connectivity index (χ3n) is 3.83. The van der Waals surface area contributed by atoms with E-state index in [4.69, 9.17) is 0 Å². The predicted octanol–water partition coefficient (Wildman–Crippen LogP) is 1.27. The molecule has 2 amide bonds. The molecule has 2 unspecified atom stereocenters. The van der Waals surface area contributed by atoms with Crippen molar-refractivity contribution in [1.82, 2.24) is 5.32 Å². The van der Waals surface area contributed by atoms with Crippen LogP contribution in [0.25, 0.3) is 0 Å². The average molecular weight is 217 g/mol. The Morgan fingerprint density at radius 3 is 2.06 bits per heavy atom. The van der Waals surface area contributed by atoms with E-state index in [9.17, 15) is 9.59 Å². The minimum absolute atomic E-state index is 0.0819. The summed E-state index contributed by atoms with van der Waals surface area (Å²) in [7, 11) is 0. The Morgan fingerprint density at radius 2 is 1.62 bits per heavy atom. The summed E-state index contributed by atoms with van der Waals surface area (Å²) >= 11 is 0. The number of carbonyl (C=O) groups excluding carboxylic acids is 2. The fourth-order valence-corrected chi connectivity index (χ4v) is 3.33. The van der Waals surface area contributed by atoms with E-state index in [0.29, 0.717) is 5.92 Å². The molecule has 2 bridgehead atoms. The van der Waals surface area contributed by atoms with Gasteiger partial charge in [-0.25, -0.2) is 0 Å². The molecule has 1 heterocycles. The van der Waals surface area contributed by atoms with Crippen LogP contribution in [-0.4, -0.2) is 11.8 Å². The van der Waals surface area contributed by atoms with E-state index < -0.39 is 0 Å². The number of hydrogen-bond donors (Lipinski definition) is 1. The van der Waals surface area contributed by atoms with Gasteiger partial charge in [0.25, 0.3) is 0 Å². The molecular weight excluding hydrogens is 202 g/mol. The van der Waals surface area contributed by atoms with E-state index in [1.54, 1.807) is 0 Å². The summed E-state index contributed by atoms with van der Waals surface area (Å²) < 4.78 is 0. The van der Waals surface area contributed by atoms with Crippen LogP contribution >= 0.6 is 0 Å². The molecule has 84 valence electrons. The lowest BCUT2D eigenvalue weighted by atomic mass is 9.85. The predicted molar refractivity (Wildman–Crippen MR) is 59.2 cm³/mol. The number of fused-ring (bicyclic) bond motifs is 5. The second-order valence-corrected chi connectivity index (χ2v) is 5.25. The monoisotopic (exact) mass is 217 g/mol. The first-order valence-corrected chi connectivity index (χ1v) is 5.84. The number of nitrogens with one attached hydrogen (secondary N) is 1. The molecule has 0 aromatic heterocycles. The lowest BCUT2D eigenvalue weighted by Crippen LogP contribution is -2.25. The summed E-state index contributed by atoms with van der Waals surface area (Å²) in [5.74, 6) is 0.382. The number of allylic oxidation sites excluding steroid dienone is 4. The van der Waals surface area contributed by atoms with E-state index in [-0.39, 0.29) is 35.5 Å². The van der Waals surface area contributed by atoms with Crippen LogP contribution in [0.2, 0.25) is 0 Å². The van der Waals surface area contributed by atoms with Gasteiger partial charge in [-0.1, -0.05) is 37.6 Å². The van der Waals surface area contributed by atoms with Crippen LogP contribution in [-0.2, 0) is 9.59 Å². The minimum atomic E-state index is -0.132. The third-order valence-corrected chi connectivity index (χ3v) is 3.83. The summed E-state index contributed by atoms with van der Waals surface area (Å²) in [6.07, 6.45) is 6.41. The molecule has 0 aromatic rings. The molecular formula is C13H15NO2. The SMILES string of the molecule is CC(C)/C=C1\C2C=CC1[C@@H]1C(=O)NC(=O)[C@H]21. The van der Waals surface area contributed by atoms with Crippen LogP contribution < -0.4 is 5.32 Å². The Balaban J connectivity index is 2.03. The first-order valence-electron chi connectivity index (χ1n) is 5.84. The van der Waals surface area contributed by atoms with Gasteiger partial charge in [-0.05, 0) is 5.92 Å². The summed E-state index contributed by atoms with van der Waals surface area (Å²) in [6.45, 7) is 4.25. The molecule has 3 nitrogen and oxygen atoms in total. The number of amides is 2. The Bertz CT molecular complexity index is 401. The van der Waals surface area contributed by atoms with E-state index >= 15 is 0 Å². The van der Waals surface area contributed by atoms with Crippen LogP contribution in [0, 0.1) is 29.6 Å². The van der Waals surface area contributed by atoms with Crippen LogP contribution in [0.1, 0.15) is 13.8 Å². The lowest BCUT2D eigenvalue weighted by Gasteiger charge is -2.13. The van der Waals surface area contributed by atoms with Crippen molar-refractivity contribution in [2.75, 3.05) is 0 Å². The van der Waals surface area contributed by atoms with E-state index in [1.807, 2.05) is 0 Å². The maximum atomic E-state index is 11.7. The molecule has 0 radical (unpaired) electrons. The topological polar surface area (TPSA) is 46.2 Å². The molecule has 1 N–H and O–H groups in total. The number of hydrogen-bond acceptors (Lipinski definition) is 2. The fraction of sp³-hybridized carbons (Fsp3) is 0.538. The van der Waals surface area contributed by atoms with Gasteiger partial charge in [0.2, 0.25) is 11.8 Å². The van der Waals surface area contributed by atoms with Crippen molar-refractivity contribution in [2.45, 2.75) is 13.8 Å². The molecule has 3 heteroatoms. The van der Waals surface area contributed by atoms with Gasteiger partial charge in [0.15, 0.2) is 0 Å². The van der Waals surface area contributed by atoms with Gasteiger partial charge in [-0.2, -0.15) is 0 Å². The fourth-order valence-electron chi connectivity index (χ4n) is 3.33. The van der Waals surface area contributed by atoms with Gasteiger partial charge in [0.1, 0.15) is 0 Å². The van der Waals surface area contributed by atoms with Crippen molar-refractivity contribution >= 4 is 11.8 Å². The number of imide groups is 1. The minimum Gasteiger partial charge on any atom is -0.296 e. The summed E-state index contributed by atoms with van der Waals surface area (Å²) in [5, 5.41) is 2.45. The molecule has 1 aliphatic heterocycles. The van der Waals surface area contributed by atoms with Crippen molar-refractivity contribution in [3.05, 3.63) is 23.8 Å². The van der Waals surface area contributed by atoms with Crippen LogP contribution in [0.3, 0.4) is 0 Å². The quantitative estimate of drug-likeness (QED) is 0.531. The average Bonchev–Trinajstić information content (AvgIpc) is 2.79. The van der Waals surface area contributed by atoms with Crippen molar-refractivity contribution in [1.29, 1.82) is 0 Å².